The number of carbonyl (C=O) groups excluding carboxylic acids is 2. The van der Waals surface area contributed by atoms with Crippen molar-refractivity contribution in [3.05, 3.63) is 42.0 Å². The molecule has 1 aromatic rings. The quantitative estimate of drug-likeness (QED) is 0.762. The normalized spacial score (nSPS) is 19.3. The van der Waals surface area contributed by atoms with Crippen LogP contribution in [-0.2, 0) is 9.59 Å². The molecule has 3 rings (SSSR count). The predicted octanol–water partition coefficient (Wildman–Crippen LogP) is -0.879. The van der Waals surface area contributed by atoms with Crippen LogP contribution in [0.25, 0.3) is 5.70 Å². The van der Waals surface area contributed by atoms with Crippen molar-refractivity contribution in [2.75, 3.05) is 39.8 Å². The molecule has 1 aromatic carbocycles. The van der Waals surface area contributed by atoms with E-state index in [1.54, 1.807) is 0 Å². The molecule has 6 heteroatoms. The highest BCUT2D eigenvalue weighted by atomic mass is 16.2. The van der Waals surface area contributed by atoms with E-state index in [4.69, 9.17) is 0 Å². The van der Waals surface area contributed by atoms with Gasteiger partial charge >= 0.3 is 0 Å². The third-order valence-electron chi connectivity index (χ3n) is 4.39. The lowest BCUT2D eigenvalue weighted by molar-refractivity contribution is -0.883. The number of hydrogen-bond donors (Lipinski definition) is 2. The average Bonchev–Trinajstić information content (AvgIpc) is 2.58. The lowest BCUT2D eigenvalue weighted by Crippen LogP contribution is -3.12. The Kier molecular flexibility index (Phi) is 4.62. The van der Waals surface area contributed by atoms with E-state index < -0.39 is 0 Å². The van der Waals surface area contributed by atoms with E-state index >= 15 is 0 Å². The van der Waals surface area contributed by atoms with Crippen LogP contribution in [0.4, 0.5) is 0 Å². The van der Waals surface area contributed by atoms with Crippen LogP contribution in [0.15, 0.2) is 36.4 Å². The number of nitrogens with one attached hydrogen (secondary N) is 2. The molecule has 23 heavy (non-hydrogen) atoms. The number of amides is 2. The third kappa shape index (κ3) is 3.71. The van der Waals surface area contributed by atoms with E-state index in [0.717, 1.165) is 37.4 Å². The summed E-state index contributed by atoms with van der Waals surface area (Å²) in [4.78, 5) is 27.8. The standard InChI is InChI=1S/C17H22N4O2/c1-19-9-11-20(12-10-19)17(23)13-21-16(22)8-7-15(18-21)14-5-3-2-4-6-14/h2-7,18H,8-13H2,1H3/p+1. The van der Waals surface area contributed by atoms with E-state index in [1.807, 2.05) is 41.3 Å². The maximum Gasteiger partial charge on any atom is 0.245 e. The molecule has 1 fully saturated rings. The molecular formula is C17H23N4O2+. The van der Waals surface area contributed by atoms with Gasteiger partial charge in [0.05, 0.1) is 38.9 Å². The molecule has 2 aliphatic rings. The van der Waals surface area contributed by atoms with E-state index in [0.29, 0.717) is 6.42 Å². The monoisotopic (exact) mass is 315 g/mol. The second-order valence-corrected chi connectivity index (χ2v) is 6.12. The van der Waals surface area contributed by atoms with Crippen molar-refractivity contribution >= 4 is 17.5 Å². The van der Waals surface area contributed by atoms with Gasteiger partial charge in [0.15, 0.2) is 0 Å². The summed E-state index contributed by atoms with van der Waals surface area (Å²) in [5.74, 6) is -0.0644. The molecule has 122 valence electrons. The van der Waals surface area contributed by atoms with E-state index in [1.165, 1.54) is 9.91 Å². The number of benzene rings is 1. The van der Waals surface area contributed by atoms with Crippen LogP contribution in [0.1, 0.15) is 12.0 Å². The molecule has 1 saturated heterocycles. The first-order valence-electron chi connectivity index (χ1n) is 8.05. The van der Waals surface area contributed by atoms with Crippen molar-refractivity contribution in [2.45, 2.75) is 6.42 Å². The SMILES string of the molecule is C[NH+]1CCN(C(=O)CN2NC(c3ccccc3)=CCC2=O)CC1. The van der Waals surface area contributed by atoms with Gasteiger partial charge in [-0.15, -0.1) is 0 Å². The molecule has 0 radical (unpaired) electrons. The van der Waals surface area contributed by atoms with Crippen molar-refractivity contribution in [2.24, 2.45) is 0 Å². The van der Waals surface area contributed by atoms with Gasteiger partial charge in [0.1, 0.15) is 6.54 Å². The first-order chi connectivity index (χ1) is 11.1. The first-order valence-corrected chi connectivity index (χ1v) is 8.05. The maximum absolute atomic E-state index is 12.4. The molecule has 0 saturated carbocycles. The maximum atomic E-state index is 12.4. The molecule has 0 atom stereocenters. The number of rotatable bonds is 3. The highest BCUT2D eigenvalue weighted by Crippen LogP contribution is 2.16. The highest BCUT2D eigenvalue weighted by Gasteiger charge is 2.27. The van der Waals surface area contributed by atoms with Gasteiger partial charge in [0, 0.05) is 6.42 Å². The number of hydrazine groups is 1. The number of likely N-dealkylation sites (N-methyl/N-ethyl adjacent to an activating group) is 1. The molecular weight excluding hydrogens is 292 g/mol. The smallest absolute Gasteiger partial charge is 0.245 e. The molecule has 0 aromatic heterocycles. The summed E-state index contributed by atoms with van der Waals surface area (Å²) in [5.41, 5.74) is 4.98. The van der Waals surface area contributed by atoms with Gasteiger partial charge < -0.3 is 9.80 Å². The summed E-state index contributed by atoms with van der Waals surface area (Å²) in [6, 6.07) is 9.83. The summed E-state index contributed by atoms with van der Waals surface area (Å²) in [6.45, 7) is 3.52. The fraction of sp³-hybridized carbons (Fsp3) is 0.412. The van der Waals surface area contributed by atoms with Crippen molar-refractivity contribution in [1.82, 2.24) is 15.3 Å². The summed E-state index contributed by atoms with van der Waals surface area (Å²) in [5, 5.41) is 1.44. The van der Waals surface area contributed by atoms with Gasteiger partial charge in [-0.1, -0.05) is 30.3 Å². The predicted molar refractivity (Wildman–Crippen MR) is 87.1 cm³/mol. The lowest BCUT2D eigenvalue weighted by atomic mass is 10.1. The fourth-order valence-corrected chi connectivity index (χ4v) is 2.85. The number of hydrogen-bond acceptors (Lipinski definition) is 3. The molecule has 2 N–H and O–H groups in total. The zero-order valence-electron chi connectivity index (χ0n) is 13.4. The van der Waals surface area contributed by atoms with E-state index in [9.17, 15) is 9.59 Å². The number of nitrogens with zero attached hydrogens (tertiary/aromatic N) is 2. The lowest BCUT2D eigenvalue weighted by Gasteiger charge is -2.33. The Morgan fingerprint density at radius 3 is 2.61 bits per heavy atom. The Morgan fingerprint density at radius 2 is 1.91 bits per heavy atom. The Morgan fingerprint density at radius 1 is 1.22 bits per heavy atom. The van der Waals surface area contributed by atoms with Crippen molar-refractivity contribution < 1.29 is 14.5 Å². The minimum atomic E-state index is -0.0715. The van der Waals surface area contributed by atoms with Crippen LogP contribution in [0.2, 0.25) is 0 Å². The zero-order chi connectivity index (χ0) is 16.2. The number of carbonyl (C=O) groups is 2. The summed E-state index contributed by atoms with van der Waals surface area (Å²) in [6.07, 6.45) is 2.19. The van der Waals surface area contributed by atoms with E-state index in [-0.39, 0.29) is 18.4 Å². The number of quaternary nitrogens is 1. The van der Waals surface area contributed by atoms with Crippen LogP contribution in [0, 0.1) is 0 Å². The van der Waals surface area contributed by atoms with Crippen LogP contribution in [0.3, 0.4) is 0 Å². The number of piperazine rings is 1. The van der Waals surface area contributed by atoms with Gasteiger partial charge in [0.2, 0.25) is 11.8 Å². The second-order valence-electron chi connectivity index (χ2n) is 6.12. The van der Waals surface area contributed by atoms with Gasteiger partial charge in [-0.05, 0) is 11.6 Å². The van der Waals surface area contributed by atoms with Crippen LogP contribution >= 0.6 is 0 Å². The molecule has 0 unspecified atom stereocenters. The van der Waals surface area contributed by atoms with Gasteiger partial charge in [-0.3, -0.25) is 15.0 Å². The zero-order valence-corrected chi connectivity index (χ0v) is 13.4. The van der Waals surface area contributed by atoms with Crippen LogP contribution < -0.4 is 10.3 Å². The van der Waals surface area contributed by atoms with E-state index in [2.05, 4.69) is 12.5 Å². The molecule has 6 nitrogen and oxygen atoms in total. The minimum Gasteiger partial charge on any atom is -0.334 e. The van der Waals surface area contributed by atoms with Crippen molar-refractivity contribution in [1.29, 1.82) is 0 Å². The first kappa shape index (κ1) is 15.6. The molecule has 0 bridgehead atoms. The Bertz CT molecular complexity index is 606. The Balaban J connectivity index is 1.62. The summed E-state index contributed by atoms with van der Waals surface area (Å²) in [7, 11) is 2.13. The van der Waals surface area contributed by atoms with Crippen molar-refractivity contribution in [3.63, 3.8) is 0 Å². The second kappa shape index (κ2) is 6.83. The van der Waals surface area contributed by atoms with Gasteiger partial charge in [-0.2, -0.15) is 0 Å². The van der Waals surface area contributed by atoms with Gasteiger partial charge in [0.25, 0.3) is 0 Å². The molecule has 2 amide bonds. The molecule has 2 aliphatic heterocycles. The molecule has 2 heterocycles. The summed E-state index contributed by atoms with van der Waals surface area (Å²) >= 11 is 0. The highest BCUT2D eigenvalue weighted by molar-refractivity contribution is 5.88. The van der Waals surface area contributed by atoms with Crippen LogP contribution in [-0.4, -0.2) is 61.5 Å². The Hall–Kier alpha value is -2.34. The average molecular weight is 315 g/mol. The van der Waals surface area contributed by atoms with Crippen molar-refractivity contribution in [3.8, 4) is 0 Å². The third-order valence-corrected chi connectivity index (χ3v) is 4.39. The topological polar surface area (TPSA) is 57.1 Å². The Labute approximate surface area is 136 Å². The summed E-state index contributed by atoms with van der Waals surface area (Å²) < 4.78 is 0. The largest absolute Gasteiger partial charge is 0.334 e. The fourth-order valence-electron chi connectivity index (χ4n) is 2.85. The molecule has 0 aliphatic carbocycles. The minimum absolute atomic E-state index is 0.00709. The molecule has 0 spiro atoms. The van der Waals surface area contributed by atoms with Gasteiger partial charge in [-0.25, -0.2) is 5.01 Å². The van der Waals surface area contributed by atoms with Crippen LogP contribution in [0.5, 0.6) is 0 Å².